The van der Waals surface area contributed by atoms with Gasteiger partial charge < -0.3 is 9.13 Å². The maximum absolute atomic E-state index is 14.2. The van der Waals surface area contributed by atoms with Crippen molar-refractivity contribution in [3.8, 4) is 39.7 Å². The predicted molar refractivity (Wildman–Crippen MR) is 221 cm³/mol. The number of fused-ring (bicyclic) bond motifs is 6. The fourth-order valence-electron chi connectivity index (χ4n) is 8.54. The van der Waals surface area contributed by atoms with E-state index in [1.54, 1.807) is 0 Å². The Bertz CT molecular complexity index is 3470. The quantitative estimate of drug-likeness (QED) is 0.162. The topological polar surface area (TPSA) is 33.6 Å². The van der Waals surface area contributed by atoms with Gasteiger partial charge in [-0.05, 0) is 132 Å². The number of alkyl halides is 18. The molecule has 0 N–H and O–H groups in total. The summed E-state index contributed by atoms with van der Waals surface area (Å²) in [5.41, 5.74) is -11.8. The first kappa shape index (κ1) is 47.4. The van der Waals surface area contributed by atoms with Gasteiger partial charge in [0.05, 0.1) is 78.5 Å². The van der Waals surface area contributed by atoms with E-state index in [1.807, 2.05) is 6.07 Å². The SMILES string of the molecule is N#Cc1ccc(-n2c3ccc(C(F)(F)F)cc3c3cc(C(F)(F)F)ccc32)c(-c2cc(-c3cc(C(F)(F)F)cc(C(F)(F)F)c3)ccc2-n2c3ccc(C(F)(F)F)cc3c3cc(C(F)(F)F)ccc32)c1. The van der Waals surface area contributed by atoms with Gasteiger partial charge in [0, 0.05) is 32.7 Å². The third kappa shape index (κ3) is 8.27. The minimum Gasteiger partial charge on any atom is -0.309 e. The second kappa shape index (κ2) is 15.7. The number of aromatic nitrogens is 2. The minimum atomic E-state index is -5.35. The van der Waals surface area contributed by atoms with Crippen molar-refractivity contribution in [2.75, 3.05) is 0 Å². The van der Waals surface area contributed by atoms with Gasteiger partial charge >= 0.3 is 37.1 Å². The smallest absolute Gasteiger partial charge is 0.309 e. The molecule has 0 aliphatic rings. The molecular formula is C49H21F18N3. The van der Waals surface area contributed by atoms with Crippen molar-refractivity contribution >= 4 is 43.6 Å². The van der Waals surface area contributed by atoms with Crippen LogP contribution in [0.4, 0.5) is 79.0 Å². The van der Waals surface area contributed by atoms with Gasteiger partial charge in [-0.3, -0.25) is 0 Å². The lowest BCUT2D eigenvalue weighted by Gasteiger charge is -2.21. The van der Waals surface area contributed by atoms with E-state index in [1.165, 1.54) is 16.7 Å². The lowest BCUT2D eigenvalue weighted by Crippen LogP contribution is -2.11. The first-order chi connectivity index (χ1) is 32.4. The lowest BCUT2D eigenvalue weighted by atomic mass is 9.93. The van der Waals surface area contributed by atoms with Crippen molar-refractivity contribution in [2.24, 2.45) is 0 Å². The summed E-state index contributed by atoms with van der Waals surface area (Å²) in [4.78, 5) is 0. The van der Waals surface area contributed by atoms with E-state index in [0.29, 0.717) is 60.7 Å². The van der Waals surface area contributed by atoms with E-state index in [0.717, 1.165) is 53.1 Å². The third-order valence-electron chi connectivity index (χ3n) is 11.7. The van der Waals surface area contributed by atoms with Crippen LogP contribution in [0.5, 0.6) is 0 Å². The Morgan fingerprint density at radius 3 is 0.929 bits per heavy atom. The van der Waals surface area contributed by atoms with Crippen LogP contribution in [-0.2, 0) is 37.1 Å². The van der Waals surface area contributed by atoms with Gasteiger partial charge in [0.2, 0.25) is 0 Å². The highest BCUT2D eigenvalue weighted by atomic mass is 19.4. The molecule has 0 saturated heterocycles. The first-order valence-electron chi connectivity index (χ1n) is 19.9. The van der Waals surface area contributed by atoms with Gasteiger partial charge in [0.1, 0.15) is 0 Å². The van der Waals surface area contributed by atoms with Gasteiger partial charge in [-0.15, -0.1) is 0 Å². The normalized spacial score (nSPS) is 13.3. The fourth-order valence-corrected chi connectivity index (χ4v) is 8.54. The Labute approximate surface area is 379 Å². The molecular weight excluding hydrogens is 973 g/mol. The van der Waals surface area contributed by atoms with Gasteiger partial charge in [0.15, 0.2) is 0 Å². The lowest BCUT2D eigenvalue weighted by molar-refractivity contribution is -0.143. The Morgan fingerprint density at radius 2 is 0.614 bits per heavy atom. The van der Waals surface area contributed by atoms with Crippen molar-refractivity contribution in [2.45, 2.75) is 37.1 Å². The van der Waals surface area contributed by atoms with Crippen LogP contribution in [0.3, 0.4) is 0 Å². The molecule has 0 fully saturated rings. The van der Waals surface area contributed by atoms with Gasteiger partial charge in [-0.25, -0.2) is 0 Å². The minimum absolute atomic E-state index is 0.146. The molecule has 9 rings (SSSR count). The van der Waals surface area contributed by atoms with Gasteiger partial charge in [0.25, 0.3) is 0 Å². The molecule has 0 radical (unpaired) electrons. The summed E-state index contributed by atoms with van der Waals surface area (Å²) in [6.07, 6.45) is -30.8. The van der Waals surface area contributed by atoms with E-state index in [2.05, 4.69) is 0 Å². The second-order valence-corrected chi connectivity index (χ2v) is 16.0. The van der Waals surface area contributed by atoms with Crippen molar-refractivity contribution in [1.82, 2.24) is 9.13 Å². The van der Waals surface area contributed by atoms with Crippen LogP contribution in [0.1, 0.15) is 38.9 Å². The average Bonchev–Trinajstić information content (AvgIpc) is 3.78. The number of nitriles is 1. The number of rotatable bonds is 4. The summed E-state index contributed by atoms with van der Waals surface area (Å²) in [5.74, 6) is 0. The highest BCUT2D eigenvalue weighted by molar-refractivity contribution is 6.12. The molecule has 0 saturated carbocycles. The fraction of sp³-hybridized carbons (Fsp3) is 0.122. The molecule has 7 aromatic carbocycles. The Morgan fingerprint density at radius 1 is 0.300 bits per heavy atom. The van der Waals surface area contributed by atoms with E-state index < -0.39 is 92.3 Å². The highest BCUT2D eigenvalue weighted by Gasteiger charge is 2.39. The monoisotopic (exact) mass is 993 g/mol. The summed E-state index contributed by atoms with van der Waals surface area (Å²) >= 11 is 0. The molecule has 0 aliphatic heterocycles. The van der Waals surface area contributed by atoms with E-state index in [9.17, 15) is 84.3 Å². The summed E-state index contributed by atoms with van der Waals surface area (Å²) in [7, 11) is 0. The maximum Gasteiger partial charge on any atom is 0.416 e. The van der Waals surface area contributed by atoms with Crippen molar-refractivity contribution in [1.29, 1.82) is 5.26 Å². The van der Waals surface area contributed by atoms with Crippen LogP contribution < -0.4 is 0 Å². The zero-order chi connectivity index (χ0) is 50.8. The Kier molecular flexibility index (Phi) is 10.6. The molecule has 0 amide bonds. The summed E-state index contributed by atoms with van der Waals surface area (Å²) in [5, 5.41) is 8.60. The molecule has 0 aliphatic carbocycles. The number of halogens is 18. The molecule has 2 heterocycles. The molecule has 358 valence electrons. The summed E-state index contributed by atoms with van der Waals surface area (Å²) < 4.78 is 258. The molecule has 9 aromatic rings. The molecule has 0 bridgehead atoms. The number of benzene rings is 7. The predicted octanol–water partition coefficient (Wildman–Crippen LogP) is 17.2. The highest BCUT2D eigenvalue weighted by Crippen LogP contribution is 2.47. The Balaban J connectivity index is 1.45. The van der Waals surface area contributed by atoms with Crippen LogP contribution in [0.2, 0.25) is 0 Å². The van der Waals surface area contributed by atoms with Crippen LogP contribution >= 0.6 is 0 Å². The molecule has 0 atom stereocenters. The zero-order valence-electron chi connectivity index (χ0n) is 34.3. The van der Waals surface area contributed by atoms with Gasteiger partial charge in [-0.2, -0.15) is 84.3 Å². The largest absolute Gasteiger partial charge is 0.416 e. The second-order valence-electron chi connectivity index (χ2n) is 16.0. The zero-order valence-corrected chi connectivity index (χ0v) is 34.3. The van der Waals surface area contributed by atoms with Crippen molar-refractivity contribution in [3.05, 3.63) is 166 Å². The first-order valence-corrected chi connectivity index (χ1v) is 19.9. The van der Waals surface area contributed by atoms with E-state index >= 15 is 0 Å². The summed E-state index contributed by atoms with van der Waals surface area (Å²) in [6.45, 7) is 0. The maximum atomic E-state index is 14.2. The molecule has 0 unspecified atom stereocenters. The number of hydrogen-bond acceptors (Lipinski definition) is 1. The average molecular weight is 994 g/mol. The third-order valence-corrected chi connectivity index (χ3v) is 11.7. The van der Waals surface area contributed by atoms with E-state index in [4.69, 9.17) is 0 Å². The molecule has 0 spiro atoms. The van der Waals surface area contributed by atoms with Crippen LogP contribution in [0, 0.1) is 11.3 Å². The Hall–Kier alpha value is -7.63. The van der Waals surface area contributed by atoms with Crippen LogP contribution in [-0.4, -0.2) is 9.13 Å². The molecule has 70 heavy (non-hydrogen) atoms. The van der Waals surface area contributed by atoms with Crippen LogP contribution in [0.15, 0.2) is 127 Å². The summed E-state index contributed by atoms with van der Waals surface area (Å²) in [6, 6.07) is 17.5. The number of hydrogen-bond donors (Lipinski definition) is 0. The number of nitrogens with zero attached hydrogens (tertiary/aromatic N) is 3. The van der Waals surface area contributed by atoms with Crippen LogP contribution in [0.25, 0.3) is 77.2 Å². The van der Waals surface area contributed by atoms with Crippen molar-refractivity contribution < 1.29 is 79.0 Å². The molecule has 21 heteroatoms. The molecule has 2 aromatic heterocycles. The van der Waals surface area contributed by atoms with Gasteiger partial charge in [-0.1, -0.05) is 6.07 Å². The standard InChI is InChI=1S/C49H21F18N3/c50-44(51,52)26-3-9-40-34(18-26)35-19-27(45(53,54)55)4-10-41(35)69(40)38-7-1-23(22-68)13-32(38)33-16-24(25-14-30(48(62,63)64)17-31(15-25)49(65,66)67)2-8-39(33)70-42-11-5-28(46(56,57)58)20-36(42)37-21-29(47(59,60)61)6-12-43(37)70/h1-21H. The molecule has 3 nitrogen and oxygen atoms in total. The van der Waals surface area contributed by atoms with E-state index in [-0.39, 0.29) is 67.0 Å². The van der Waals surface area contributed by atoms with Crippen molar-refractivity contribution in [3.63, 3.8) is 0 Å².